The van der Waals surface area contributed by atoms with Crippen molar-refractivity contribution in [1.29, 1.82) is 0 Å². The Bertz CT molecular complexity index is 872. The molecule has 6 nitrogen and oxygen atoms in total. The molecule has 0 saturated heterocycles. The monoisotopic (exact) mass is 405 g/mol. The van der Waals surface area contributed by atoms with E-state index in [1.54, 1.807) is 39.5 Å². The third-order valence-corrected chi connectivity index (χ3v) is 5.50. The quantitative estimate of drug-likeness (QED) is 0.774. The van der Waals surface area contributed by atoms with Gasteiger partial charge in [-0.2, -0.15) is 0 Å². The number of ether oxygens (including phenoxy) is 3. The molecule has 0 bridgehead atoms. The van der Waals surface area contributed by atoms with E-state index in [4.69, 9.17) is 25.8 Å². The van der Waals surface area contributed by atoms with Crippen LogP contribution in [0.4, 0.5) is 5.69 Å². The van der Waals surface area contributed by atoms with Gasteiger partial charge < -0.3 is 24.4 Å². The van der Waals surface area contributed by atoms with Gasteiger partial charge in [-0.15, -0.1) is 0 Å². The van der Waals surface area contributed by atoms with Crippen molar-refractivity contribution in [2.75, 3.05) is 33.2 Å². The molecule has 0 fully saturated rings. The molecule has 2 aromatic rings. The van der Waals surface area contributed by atoms with E-state index in [9.17, 15) is 4.79 Å². The molecule has 2 aromatic carbocycles. The predicted molar refractivity (Wildman–Crippen MR) is 109 cm³/mol. The maximum atomic E-state index is 12.9. The summed E-state index contributed by atoms with van der Waals surface area (Å²) in [6.07, 6.45) is 0.878. The maximum absolute atomic E-state index is 12.9. The molecule has 0 saturated carbocycles. The number of halogens is 1. The summed E-state index contributed by atoms with van der Waals surface area (Å²) in [6, 6.07) is 8.98. The summed E-state index contributed by atoms with van der Waals surface area (Å²) in [5.41, 5.74) is 3.00. The first-order valence-electron chi connectivity index (χ1n) is 9.19. The van der Waals surface area contributed by atoms with Gasteiger partial charge in [0.25, 0.3) is 5.91 Å². The van der Waals surface area contributed by atoms with Gasteiger partial charge in [0.05, 0.1) is 33.6 Å². The zero-order valence-corrected chi connectivity index (χ0v) is 17.4. The topological polar surface area (TPSA) is 61.2 Å². The van der Waals surface area contributed by atoms with Gasteiger partial charge in [0.1, 0.15) is 12.3 Å². The van der Waals surface area contributed by atoms with Crippen LogP contribution in [-0.2, 0) is 17.8 Å². The number of fused-ring (bicyclic) bond motifs is 1. The Morgan fingerprint density at radius 2 is 1.68 bits per heavy atom. The van der Waals surface area contributed by atoms with Gasteiger partial charge in [-0.05, 0) is 42.8 Å². The fraction of sp³-hybridized carbons (Fsp3) is 0.381. The molecule has 0 radical (unpaired) electrons. The van der Waals surface area contributed by atoms with Crippen LogP contribution < -0.4 is 24.4 Å². The van der Waals surface area contributed by atoms with Crippen LogP contribution in [0.25, 0.3) is 0 Å². The molecule has 150 valence electrons. The Balaban J connectivity index is 1.74. The number of quaternary nitrogens is 1. The fourth-order valence-corrected chi connectivity index (χ4v) is 3.73. The Hall–Kier alpha value is -2.44. The summed E-state index contributed by atoms with van der Waals surface area (Å²) in [5.74, 6) is 1.96. The van der Waals surface area contributed by atoms with Gasteiger partial charge in [-0.25, -0.2) is 0 Å². The van der Waals surface area contributed by atoms with E-state index in [0.717, 1.165) is 25.3 Å². The number of amides is 1. The second-order valence-corrected chi connectivity index (χ2v) is 7.30. The van der Waals surface area contributed by atoms with Crippen LogP contribution in [0, 0.1) is 0 Å². The lowest BCUT2D eigenvalue weighted by molar-refractivity contribution is -0.929. The van der Waals surface area contributed by atoms with E-state index < -0.39 is 0 Å². The zero-order chi connectivity index (χ0) is 20.3. The normalized spacial score (nSPS) is 16.7. The molecule has 1 amide bonds. The summed E-state index contributed by atoms with van der Waals surface area (Å²) in [5, 5.41) is 3.50. The molecule has 2 N–H and O–H groups in total. The lowest BCUT2D eigenvalue weighted by atomic mass is 9.97. The smallest absolute Gasteiger partial charge is 0.282 e. The third kappa shape index (κ3) is 4.18. The summed E-state index contributed by atoms with van der Waals surface area (Å²) >= 11 is 6.06. The molecule has 1 unspecified atom stereocenters. The van der Waals surface area contributed by atoms with Crippen LogP contribution in [-0.4, -0.2) is 39.8 Å². The minimum Gasteiger partial charge on any atom is -0.495 e. The molecular formula is C21H26ClN2O4+. The fourth-order valence-electron chi connectivity index (χ4n) is 3.56. The minimum absolute atomic E-state index is 0.0699. The standard InChI is InChI=1S/C21H25ClN2O4/c1-13(21(25)23-17-11-16(22)5-6-18(17)26-2)24-8-7-14-9-19(27-3)20(28-4)10-15(14)12-24/h5-6,9-11,13H,7-8,12H2,1-4H3,(H,23,25)/p+1/t13-/m0/s1. The Kier molecular flexibility index (Phi) is 6.31. The van der Waals surface area contributed by atoms with Crippen molar-refractivity contribution in [3.63, 3.8) is 0 Å². The van der Waals surface area contributed by atoms with Crippen molar-refractivity contribution in [2.24, 2.45) is 0 Å². The Morgan fingerprint density at radius 3 is 2.32 bits per heavy atom. The molecule has 7 heteroatoms. The van der Waals surface area contributed by atoms with Crippen LogP contribution in [0.1, 0.15) is 18.1 Å². The highest BCUT2D eigenvalue weighted by molar-refractivity contribution is 6.31. The SMILES string of the molecule is COc1ccc(Cl)cc1NC(=O)[C@H](C)[NH+]1CCc2cc(OC)c(OC)cc2C1. The van der Waals surface area contributed by atoms with E-state index in [2.05, 4.69) is 5.32 Å². The average Bonchev–Trinajstić information content (AvgIpc) is 2.71. The summed E-state index contributed by atoms with van der Waals surface area (Å²) in [4.78, 5) is 14.0. The number of benzene rings is 2. The highest BCUT2D eigenvalue weighted by Gasteiger charge is 2.30. The summed E-state index contributed by atoms with van der Waals surface area (Å²) < 4.78 is 16.1. The molecule has 1 aliphatic rings. The second kappa shape index (κ2) is 8.71. The number of rotatable bonds is 6. The van der Waals surface area contributed by atoms with Crippen molar-refractivity contribution in [1.82, 2.24) is 0 Å². The molecule has 1 heterocycles. The first kappa shape index (κ1) is 20.3. The lowest BCUT2D eigenvalue weighted by Gasteiger charge is -2.30. The first-order valence-corrected chi connectivity index (χ1v) is 9.57. The van der Waals surface area contributed by atoms with Gasteiger partial charge in [-0.3, -0.25) is 4.79 Å². The van der Waals surface area contributed by atoms with E-state index >= 15 is 0 Å². The van der Waals surface area contributed by atoms with Crippen molar-refractivity contribution >= 4 is 23.2 Å². The van der Waals surface area contributed by atoms with Crippen molar-refractivity contribution in [3.05, 3.63) is 46.5 Å². The number of carbonyl (C=O) groups is 1. The van der Waals surface area contributed by atoms with E-state index in [0.29, 0.717) is 22.2 Å². The average molecular weight is 406 g/mol. The number of methoxy groups -OCH3 is 3. The van der Waals surface area contributed by atoms with E-state index in [1.165, 1.54) is 16.0 Å². The van der Waals surface area contributed by atoms with Crippen LogP contribution >= 0.6 is 11.6 Å². The third-order valence-electron chi connectivity index (χ3n) is 5.26. The minimum atomic E-state index is -0.232. The molecule has 28 heavy (non-hydrogen) atoms. The second-order valence-electron chi connectivity index (χ2n) is 6.87. The van der Waals surface area contributed by atoms with Crippen LogP contribution in [0.15, 0.2) is 30.3 Å². The van der Waals surface area contributed by atoms with Crippen molar-refractivity contribution in [3.8, 4) is 17.2 Å². The highest BCUT2D eigenvalue weighted by atomic mass is 35.5. The predicted octanol–water partition coefficient (Wildman–Crippen LogP) is 2.33. The number of carbonyl (C=O) groups excluding carboxylic acids is 1. The van der Waals surface area contributed by atoms with Crippen LogP contribution in [0.5, 0.6) is 17.2 Å². The number of hydrogen-bond acceptors (Lipinski definition) is 4. The van der Waals surface area contributed by atoms with Gasteiger partial charge in [-0.1, -0.05) is 11.6 Å². The highest BCUT2D eigenvalue weighted by Crippen LogP contribution is 2.31. The molecule has 0 aromatic heterocycles. The van der Waals surface area contributed by atoms with E-state index in [1.807, 2.05) is 19.1 Å². The van der Waals surface area contributed by atoms with Crippen molar-refractivity contribution in [2.45, 2.75) is 25.9 Å². The maximum Gasteiger partial charge on any atom is 0.282 e. The van der Waals surface area contributed by atoms with Crippen LogP contribution in [0.3, 0.4) is 0 Å². The Labute approximate surface area is 170 Å². The molecule has 2 atom stereocenters. The first-order chi connectivity index (χ1) is 13.5. The number of hydrogen-bond donors (Lipinski definition) is 2. The molecule has 3 rings (SSSR count). The van der Waals surface area contributed by atoms with Gasteiger partial charge in [0, 0.05) is 17.0 Å². The largest absolute Gasteiger partial charge is 0.495 e. The molecule has 0 aliphatic carbocycles. The number of nitrogens with one attached hydrogen (secondary N) is 2. The summed E-state index contributed by atoms with van der Waals surface area (Å²) in [6.45, 7) is 3.55. The van der Waals surface area contributed by atoms with Crippen LogP contribution in [0.2, 0.25) is 5.02 Å². The van der Waals surface area contributed by atoms with Gasteiger partial charge in [0.15, 0.2) is 17.5 Å². The van der Waals surface area contributed by atoms with Crippen molar-refractivity contribution < 1.29 is 23.9 Å². The van der Waals surface area contributed by atoms with Gasteiger partial charge in [0.2, 0.25) is 0 Å². The molecule has 1 aliphatic heterocycles. The molecular weight excluding hydrogens is 380 g/mol. The number of anilines is 1. The van der Waals surface area contributed by atoms with E-state index in [-0.39, 0.29) is 11.9 Å². The Morgan fingerprint density at radius 1 is 1.04 bits per heavy atom. The summed E-state index contributed by atoms with van der Waals surface area (Å²) in [7, 11) is 4.84. The lowest BCUT2D eigenvalue weighted by Crippen LogP contribution is -3.16. The van der Waals surface area contributed by atoms with Gasteiger partial charge >= 0.3 is 0 Å². The molecule has 0 spiro atoms. The zero-order valence-electron chi connectivity index (χ0n) is 16.6.